The van der Waals surface area contributed by atoms with Crippen molar-refractivity contribution in [2.45, 2.75) is 40.5 Å². The Balaban J connectivity index is -0.000000162. The fourth-order valence-corrected chi connectivity index (χ4v) is 1.53. The molecule has 0 aliphatic carbocycles. The van der Waals surface area contributed by atoms with Crippen molar-refractivity contribution < 1.29 is 97.4 Å². The number of carbonyl (C=O) groups excluding carboxylic acids is 5. The summed E-state index contributed by atoms with van der Waals surface area (Å²) < 4.78 is 20.7. The van der Waals surface area contributed by atoms with Crippen LogP contribution in [-0.4, -0.2) is 127 Å². The summed E-state index contributed by atoms with van der Waals surface area (Å²) in [7, 11) is 0. The number of aliphatic carboxylic acids is 3. The number of carboxylic acid groups (broad SMARTS) is 3. The van der Waals surface area contributed by atoms with Gasteiger partial charge in [0.2, 0.25) is 0 Å². The molecule has 14 nitrogen and oxygen atoms in total. The van der Waals surface area contributed by atoms with Gasteiger partial charge in [-0.3, -0.25) is 19.2 Å². The average Bonchev–Trinajstić information content (AvgIpc) is 2.89. The summed E-state index contributed by atoms with van der Waals surface area (Å²) in [6.07, 6.45) is 5.37. The SMILES string of the molecule is C=CC(=O)[O-].CC=CC(=O)OCCOC(=O)CCC(=O)O.CC=CC(=O)OCCOC(=O)CCC(=O)O.[CH3][K].[Na+]. The van der Waals surface area contributed by atoms with Crippen LogP contribution in [0.1, 0.15) is 39.5 Å². The van der Waals surface area contributed by atoms with Crippen LogP contribution in [0.2, 0.25) is 1.02 Å². The standard InChI is InChI=1S/2C10H14O6.C3H4O2.CH3.K.Na/c2*1-2-3-9(13)15-6-7-16-10(14)5-4-8(11)12;1-2-3(4)5;;;/h2*2-3H,4-7H2,1H3,(H,11,12);2H,1H2,(H,4,5);1H3;;/q;;;;;+1/p-1. The van der Waals surface area contributed by atoms with Crippen molar-refractivity contribution in [3.8, 4) is 0 Å². The van der Waals surface area contributed by atoms with Gasteiger partial charge in [-0.25, -0.2) is 9.59 Å². The summed E-state index contributed by atoms with van der Waals surface area (Å²) in [4.78, 5) is 72.7. The smallest absolute Gasteiger partial charge is 1.00 e. The molecule has 0 aromatic carbocycles. The number of carbonyl (C=O) groups is 7. The second-order valence-electron chi connectivity index (χ2n) is 6.09. The van der Waals surface area contributed by atoms with Crippen molar-refractivity contribution in [3.05, 3.63) is 37.0 Å². The molecule has 0 rings (SSSR count). The van der Waals surface area contributed by atoms with Gasteiger partial charge in [0.25, 0.3) is 0 Å². The molecule has 0 aliphatic rings. The molecular weight excluding hydrogens is 574 g/mol. The summed E-state index contributed by atoms with van der Waals surface area (Å²) in [6, 6.07) is 0. The zero-order valence-electron chi connectivity index (χ0n) is 23.5. The van der Waals surface area contributed by atoms with Gasteiger partial charge in [0.15, 0.2) is 0 Å². The number of hydrogen-bond acceptors (Lipinski definition) is 12. The first kappa shape index (κ1) is 47.9. The van der Waals surface area contributed by atoms with E-state index in [1.807, 2.05) is 0 Å². The third-order valence-corrected chi connectivity index (χ3v) is 3.04. The van der Waals surface area contributed by atoms with E-state index >= 15 is 0 Å². The topological polar surface area (TPSA) is 220 Å². The fourth-order valence-electron chi connectivity index (χ4n) is 1.53. The number of hydrogen-bond donors (Lipinski definition) is 2. The molecule has 0 heterocycles. The molecule has 0 amide bonds. The van der Waals surface area contributed by atoms with Crippen LogP contribution in [0.5, 0.6) is 0 Å². The molecule has 0 unspecified atom stereocenters. The van der Waals surface area contributed by atoms with Crippen molar-refractivity contribution in [2.75, 3.05) is 26.4 Å². The second-order valence-corrected chi connectivity index (χ2v) is 6.09. The maximum atomic E-state index is 10.9. The zero-order valence-corrected chi connectivity index (χ0v) is 28.7. The van der Waals surface area contributed by atoms with Gasteiger partial charge >= 0.3 is 115 Å². The van der Waals surface area contributed by atoms with Gasteiger partial charge in [-0.05, 0) is 19.9 Å². The van der Waals surface area contributed by atoms with Crippen LogP contribution in [0.15, 0.2) is 37.0 Å². The number of ether oxygens (including phenoxy) is 4. The Morgan fingerprint density at radius 2 is 0.950 bits per heavy atom. The van der Waals surface area contributed by atoms with Gasteiger partial charge in [-0.1, -0.05) is 18.7 Å². The predicted molar refractivity (Wildman–Crippen MR) is 134 cm³/mol. The van der Waals surface area contributed by atoms with Crippen molar-refractivity contribution in [1.29, 1.82) is 0 Å². The maximum Gasteiger partial charge on any atom is 1.00 e. The van der Waals surface area contributed by atoms with Crippen LogP contribution >= 0.6 is 0 Å². The third-order valence-electron chi connectivity index (χ3n) is 3.04. The third kappa shape index (κ3) is 49.1. The first-order chi connectivity index (χ1) is 18.4. The molecule has 0 bridgehead atoms. The molecule has 0 saturated heterocycles. The first-order valence-electron chi connectivity index (χ1n) is 11.6. The van der Waals surface area contributed by atoms with E-state index in [2.05, 4.69) is 26.5 Å². The zero-order chi connectivity index (χ0) is 31.1. The van der Waals surface area contributed by atoms with Crippen molar-refractivity contribution >= 4 is 90.7 Å². The van der Waals surface area contributed by atoms with Gasteiger partial charge in [0, 0.05) is 12.2 Å². The molecule has 16 heteroatoms. The summed E-state index contributed by atoms with van der Waals surface area (Å²) in [6.45, 7) is 6.03. The molecule has 0 spiro atoms. The molecule has 0 aromatic heterocycles. The summed E-state index contributed by atoms with van der Waals surface area (Å²) in [5, 5.41) is 25.7. The average molecular weight is 609 g/mol. The number of carboxylic acids is 3. The Morgan fingerprint density at radius 3 is 1.18 bits per heavy atom. The molecule has 0 fully saturated rings. The normalized spacial score (nSPS) is 9.03. The van der Waals surface area contributed by atoms with Crippen LogP contribution in [0.4, 0.5) is 0 Å². The van der Waals surface area contributed by atoms with Crippen molar-refractivity contribution in [3.63, 3.8) is 0 Å². The van der Waals surface area contributed by atoms with Crippen molar-refractivity contribution in [1.82, 2.24) is 0 Å². The van der Waals surface area contributed by atoms with E-state index in [4.69, 9.17) is 20.1 Å². The Labute approximate surface area is 289 Å². The molecule has 0 aliphatic heterocycles. The van der Waals surface area contributed by atoms with Crippen LogP contribution in [0.25, 0.3) is 0 Å². The first-order valence-corrected chi connectivity index (χ1v) is 14.7. The van der Waals surface area contributed by atoms with Gasteiger partial charge in [-0.15, -0.1) is 0 Å². The molecule has 2 N–H and O–H groups in total. The van der Waals surface area contributed by atoms with Gasteiger partial charge in [0.1, 0.15) is 26.4 Å². The van der Waals surface area contributed by atoms with Crippen molar-refractivity contribution in [2.24, 2.45) is 0 Å². The van der Waals surface area contributed by atoms with Crippen LogP contribution in [-0.2, 0) is 52.5 Å². The van der Waals surface area contributed by atoms with E-state index in [1.165, 1.54) is 24.3 Å². The summed E-state index contributed by atoms with van der Waals surface area (Å²) in [5.74, 6) is -5.61. The molecule has 0 saturated carbocycles. The molecular formula is C24H34KNaO14. The number of allylic oxidation sites excluding steroid dienone is 2. The summed E-state index contributed by atoms with van der Waals surface area (Å²) >= 11 is 1.06. The molecule has 40 heavy (non-hydrogen) atoms. The Bertz CT molecular complexity index is 766. The Morgan fingerprint density at radius 1 is 0.675 bits per heavy atom. The minimum atomic E-state index is -1.23. The maximum absolute atomic E-state index is 10.9. The predicted octanol–water partition coefficient (Wildman–Crippen LogP) is -2.84. The van der Waals surface area contributed by atoms with E-state index < -0.39 is 41.8 Å². The Kier molecular flexibility index (Phi) is 44.5. The van der Waals surface area contributed by atoms with E-state index in [1.54, 1.807) is 13.8 Å². The van der Waals surface area contributed by atoms with E-state index in [0.717, 1.165) is 55.0 Å². The monoisotopic (exact) mass is 608 g/mol. The molecule has 0 radical (unpaired) electrons. The Hall–Kier alpha value is -1.85. The van der Waals surface area contributed by atoms with Crippen LogP contribution in [0, 0.1) is 0 Å². The van der Waals surface area contributed by atoms with E-state index in [0.29, 0.717) is 0 Å². The minimum Gasteiger partial charge on any atom is 1.00 e. The van der Waals surface area contributed by atoms with Gasteiger partial charge in [0.05, 0.1) is 31.7 Å². The molecule has 0 atom stereocenters. The van der Waals surface area contributed by atoms with Crippen LogP contribution < -0.4 is 34.7 Å². The van der Waals surface area contributed by atoms with Gasteiger partial charge in [-0.2, -0.15) is 0 Å². The van der Waals surface area contributed by atoms with Crippen LogP contribution in [0.3, 0.4) is 0 Å². The second kappa shape index (κ2) is 37.1. The van der Waals surface area contributed by atoms with E-state index in [9.17, 15) is 28.8 Å². The quantitative estimate of drug-likeness (QED) is 0.0629. The van der Waals surface area contributed by atoms with Gasteiger partial charge < -0.3 is 39.1 Å². The number of esters is 4. The van der Waals surface area contributed by atoms with E-state index in [-0.39, 0.29) is 81.7 Å². The molecule has 0 aromatic rings. The largest absolute Gasteiger partial charge is 1.00 e. The number of rotatable bonds is 15. The molecule has 216 valence electrons. The minimum absolute atomic E-state index is 0. The summed E-state index contributed by atoms with van der Waals surface area (Å²) in [5.41, 5.74) is 0. The fraction of sp³-hybridized carbons (Fsp3) is 0.458.